The number of carbonyl (C=O) groups is 2. The first kappa shape index (κ1) is 12.6. The summed E-state index contributed by atoms with van der Waals surface area (Å²) in [5, 5.41) is 6.88. The number of nitrogens with zero attached hydrogens (tertiary/aromatic N) is 3. The summed E-state index contributed by atoms with van der Waals surface area (Å²) >= 11 is 0. The van der Waals surface area contributed by atoms with Gasteiger partial charge < -0.3 is 10.2 Å². The van der Waals surface area contributed by atoms with Crippen LogP contribution in [0.2, 0.25) is 0 Å². The van der Waals surface area contributed by atoms with Crippen LogP contribution in [0.1, 0.15) is 25.5 Å². The Labute approximate surface area is 106 Å². The van der Waals surface area contributed by atoms with Gasteiger partial charge in [0.05, 0.1) is 18.8 Å². The molecule has 18 heavy (non-hydrogen) atoms. The van der Waals surface area contributed by atoms with Crippen LogP contribution in [0.3, 0.4) is 0 Å². The zero-order chi connectivity index (χ0) is 13.1. The van der Waals surface area contributed by atoms with E-state index in [0.29, 0.717) is 13.0 Å². The Bertz CT molecular complexity index is 455. The maximum Gasteiger partial charge on any atom is 0.243 e. The van der Waals surface area contributed by atoms with Crippen molar-refractivity contribution in [2.45, 2.75) is 32.4 Å². The standard InChI is InChI=1S/C12H18N4O2/c1-3-4-10-12(18)13-7-11(17)16(10)8-9-5-6-15(2)14-9/h5-6,10H,3-4,7-8H2,1-2H3,(H,13,18). The summed E-state index contributed by atoms with van der Waals surface area (Å²) in [6, 6.07) is 1.50. The van der Waals surface area contributed by atoms with Crippen molar-refractivity contribution in [3.63, 3.8) is 0 Å². The molecule has 0 radical (unpaired) electrons. The molecule has 1 saturated heterocycles. The van der Waals surface area contributed by atoms with Gasteiger partial charge >= 0.3 is 0 Å². The maximum absolute atomic E-state index is 11.9. The van der Waals surface area contributed by atoms with E-state index < -0.39 is 0 Å². The molecule has 1 fully saturated rings. The summed E-state index contributed by atoms with van der Waals surface area (Å²) in [5.41, 5.74) is 0.807. The SMILES string of the molecule is CCCC1C(=O)NCC(=O)N1Cc1ccn(C)n1. The minimum Gasteiger partial charge on any atom is -0.345 e. The summed E-state index contributed by atoms with van der Waals surface area (Å²) in [4.78, 5) is 25.3. The predicted octanol–water partition coefficient (Wildman–Crippen LogP) is 0.0472. The van der Waals surface area contributed by atoms with Gasteiger partial charge in [-0.05, 0) is 12.5 Å². The van der Waals surface area contributed by atoms with Crippen LogP contribution in [0.15, 0.2) is 12.3 Å². The summed E-state index contributed by atoms with van der Waals surface area (Å²) in [6.07, 6.45) is 3.38. The predicted molar refractivity (Wildman–Crippen MR) is 65.5 cm³/mol. The van der Waals surface area contributed by atoms with E-state index >= 15 is 0 Å². The third-order valence-electron chi connectivity index (χ3n) is 3.08. The van der Waals surface area contributed by atoms with Crippen molar-refractivity contribution >= 4 is 11.8 Å². The minimum atomic E-state index is -0.363. The van der Waals surface area contributed by atoms with Crippen molar-refractivity contribution in [1.82, 2.24) is 20.0 Å². The van der Waals surface area contributed by atoms with Gasteiger partial charge in [0.15, 0.2) is 0 Å². The number of hydrogen-bond donors (Lipinski definition) is 1. The number of hydrogen-bond acceptors (Lipinski definition) is 3. The number of aromatic nitrogens is 2. The van der Waals surface area contributed by atoms with E-state index in [-0.39, 0.29) is 24.4 Å². The molecule has 1 aliphatic rings. The van der Waals surface area contributed by atoms with Crippen LogP contribution in [0.4, 0.5) is 0 Å². The van der Waals surface area contributed by atoms with Crippen molar-refractivity contribution in [3.8, 4) is 0 Å². The average Bonchev–Trinajstić information content (AvgIpc) is 2.74. The second kappa shape index (κ2) is 5.20. The first-order valence-electron chi connectivity index (χ1n) is 6.17. The Morgan fingerprint density at radius 1 is 1.50 bits per heavy atom. The summed E-state index contributed by atoms with van der Waals surface area (Å²) in [5.74, 6) is -0.105. The average molecular weight is 250 g/mol. The second-order valence-corrected chi connectivity index (χ2v) is 4.52. The van der Waals surface area contributed by atoms with Crippen LogP contribution in [0, 0.1) is 0 Å². The third-order valence-corrected chi connectivity index (χ3v) is 3.08. The van der Waals surface area contributed by atoms with Gasteiger partial charge in [0, 0.05) is 13.2 Å². The van der Waals surface area contributed by atoms with E-state index in [1.54, 1.807) is 9.58 Å². The highest BCUT2D eigenvalue weighted by Gasteiger charge is 2.33. The number of piperazine rings is 1. The lowest BCUT2D eigenvalue weighted by Gasteiger charge is -2.34. The molecule has 2 heterocycles. The van der Waals surface area contributed by atoms with Crippen molar-refractivity contribution in [2.75, 3.05) is 6.54 Å². The van der Waals surface area contributed by atoms with Crippen molar-refractivity contribution < 1.29 is 9.59 Å². The molecule has 98 valence electrons. The summed E-state index contributed by atoms with van der Waals surface area (Å²) < 4.78 is 1.69. The third kappa shape index (κ3) is 2.52. The van der Waals surface area contributed by atoms with Crippen molar-refractivity contribution in [2.24, 2.45) is 7.05 Å². The van der Waals surface area contributed by atoms with Crippen molar-refractivity contribution in [3.05, 3.63) is 18.0 Å². The molecule has 1 aliphatic heterocycles. The van der Waals surface area contributed by atoms with Crippen LogP contribution in [-0.2, 0) is 23.2 Å². The molecule has 0 aromatic carbocycles. The van der Waals surface area contributed by atoms with Gasteiger partial charge in [0.2, 0.25) is 11.8 Å². The van der Waals surface area contributed by atoms with Gasteiger partial charge in [-0.2, -0.15) is 5.10 Å². The Morgan fingerprint density at radius 3 is 2.89 bits per heavy atom. The van der Waals surface area contributed by atoms with E-state index in [0.717, 1.165) is 12.1 Å². The highest BCUT2D eigenvalue weighted by molar-refractivity contribution is 5.94. The van der Waals surface area contributed by atoms with Crippen LogP contribution in [0.5, 0.6) is 0 Å². The molecule has 2 amide bonds. The molecule has 1 aromatic rings. The fraction of sp³-hybridized carbons (Fsp3) is 0.583. The molecule has 1 aromatic heterocycles. The highest BCUT2D eigenvalue weighted by atomic mass is 16.2. The molecule has 0 spiro atoms. The molecule has 1 N–H and O–H groups in total. The Kier molecular flexibility index (Phi) is 3.64. The number of nitrogens with one attached hydrogen (secondary N) is 1. The topological polar surface area (TPSA) is 67.2 Å². The highest BCUT2D eigenvalue weighted by Crippen LogP contribution is 2.14. The van der Waals surface area contributed by atoms with Crippen LogP contribution >= 0.6 is 0 Å². The molecule has 1 atom stereocenters. The zero-order valence-electron chi connectivity index (χ0n) is 10.7. The number of aryl methyl sites for hydroxylation is 1. The van der Waals surface area contributed by atoms with Gasteiger partial charge in [-0.15, -0.1) is 0 Å². The van der Waals surface area contributed by atoms with Crippen molar-refractivity contribution in [1.29, 1.82) is 0 Å². The number of rotatable bonds is 4. The first-order valence-corrected chi connectivity index (χ1v) is 6.17. The first-order chi connectivity index (χ1) is 8.61. The van der Waals surface area contributed by atoms with E-state index in [1.807, 2.05) is 26.2 Å². The summed E-state index contributed by atoms with van der Waals surface area (Å²) in [7, 11) is 1.83. The normalized spacial score (nSPS) is 20.1. The zero-order valence-corrected chi connectivity index (χ0v) is 10.7. The van der Waals surface area contributed by atoms with Gasteiger partial charge in [0.1, 0.15) is 6.04 Å². The molecule has 1 unspecified atom stereocenters. The molecule has 0 saturated carbocycles. The van der Waals surface area contributed by atoms with Crippen LogP contribution < -0.4 is 5.32 Å². The Balaban J connectivity index is 2.15. The van der Waals surface area contributed by atoms with E-state index in [2.05, 4.69) is 10.4 Å². The van der Waals surface area contributed by atoms with Crippen LogP contribution in [0.25, 0.3) is 0 Å². The van der Waals surface area contributed by atoms with Gasteiger partial charge in [-0.25, -0.2) is 0 Å². The largest absolute Gasteiger partial charge is 0.345 e. The van der Waals surface area contributed by atoms with Gasteiger partial charge in [0.25, 0.3) is 0 Å². The minimum absolute atomic E-state index is 0.0429. The number of carbonyl (C=O) groups excluding carboxylic acids is 2. The second-order valence-electron chi connectivity index (χ2n) is 4.52. The quantitative estimate of drug-likeness (QED) is 0.821. The van der Waals surface area contributed by atoms with Crippen LogP contribution in [-0.4, -0.2) is 39.1 Å². The molecular formula is C12H18N4O2. The fourth-order valence-electron chi connectivity index (χ4n) is 2.18. The van der Waals surface area contributed by atoms with E-state index in [9.17, 15) is 9.59 Å². The lowest BCUT2D eigenvalue weighted by molar-refractivity contribution is -0.146. The molecular weight excluding hydrogens is 232 g/mol. The summed E-state index contributed by atoms with van der Waals surface area (Å²) in [6.45, 7) is 2.49. The maximum atomic E-state index is 11.9. The fourth-order valence-corrected chi connectivity index (χ4v) is 2.18. The molecule has 0 aliphatic carbocycles. The smallest absolute Gasteiger partial charge is 0.243 e. The molecule has 0 bridgehead atoms. The van der Waals surface area contributed by atoms with Gasteiger partial charge in [-0.1, -0.05) is 13.3 Å². The van der Waals surface area contributed by atoms with E-state index in [4.69, 9.17) is 0 Å². The lowest BCUT2D eigenvalue weighted by atomic mass is 10.1. The molecule has 6 heteroatoms. The molecule has 2 rings (SSSR count). The molecule has 6 nitrogen and oxygen atoms in total. The number of amides is 2. The van der Waals surface area contributed by atoms with E-state index in [1.165, 1.54) is 0 Å². The Morgan fingerprint density at radius 2 is 2.28 bits per heavy atom. The van der Waals surface area contributed by atoms with Gasteiger partial charge in [-0.3, -0.25) is 14.3 Å². The monoisotopic (exact) mass is 250 g/mol. The Hall–Kier alpha value is -1.85. The lowest BCUT2D eigenvalue weighted by Crippen LogP contribution is -2.57.